The van der Waals surface area contributed by atoms with Gasteiger partial charge < -0.3 is 15.8 Å². The number of amides is 2. The van der Waals surface area contributed by atoms with Crippen LogP contribution >= 0.6 is 11.6 Å². The standard InChI is InChI=1S/C20H21ClN2O4/c1-2-13-7-9-14(10-8-13)18(24)12-27-19(25)11-17(23-20(22)26)15-5-3-4-6-16(15)21/h3-10,17H,2,11-12H2,1H3,(H3,22,23,26)/t17-/m1/s1. The van der Waals surface area contributed by atoms with Gasteiger partial charge in [-0.05, 0) is 23.6 Å². The van der Waals surface area contributed by atoms with Crippen molar-refractivity contribution in [3.63, 3.8) is 0 Å². The molecule has 0 aliphatic carbocycles. The van der Waals surface area contributed by atoms with Crippen LogP contribution in [0.5, 0.6) is 0 Å². The summed E-state index contributed by atoms with van der Waals surface area (Å²) in [5.41, 5.74) is 7.30. The van der Waals surface area contributed by atoms with Crippen molar-refractivity contribution in [3.8, 4) is 0 Å². The molecule has 0 unspecified atom stereocenters. The molecule has 0 saturated carbocycles. The monoisotopic (exact) mass is 388 g/mol. The first-order chi connectivity index (χ1) is 12.9. The summed E-state index contributed by atoms with van der Waals surface area (Å²) >= 11 is 6.12. The molecular formula is C20H21ClN2O4. The van der Waals surface area contributed by atoms with Crippen LogP contribution in [0.25, 0.3) is 0 Å². The number of aryl methyl sites for hydroxylation is 1. The Morgan fingerprint density at radius 1 is 1.11 bits per heavy atom. The highest BCUT2D eigenvalue weighted by atomic mass is 35.5. The number of rotatable bonds is 8. The van der Waals surface area contributed by atoms with Gasteiger partial charge in [-0.3, -0.25) is 9.59 Å². The van der Waals surface area contributed by atoms with Gasteiger partial charge in [-0.2, -0.15) is 0 Å². The lowest BCUT2D eigenvalue weighted by atomic mass is 10.0. The van der Waals surface area contributed by atoms with Crippen molar-refractivity contribution in [2.75, 3.05) is 6.61 Å². The fourth-order valence-corrected chi connectivity index (χ4v) is 2.82. The van der Waals surface area contributed by atoms with E-state index in [1.54, 1.807) is 36.4 Å². The Hall–Kier alpha value is -2.86. The fourth-order valence-electron chi connectivity index (χ4n) is 2.55. The van der Waals surface area contributed by atoms with Crippen molar-refractivity contribution in [1.29, 1.82) is 0 Å². The number of nitrogens with two attached hydrogens (primary N) is 1. The van der Waals surface area contributed by atoms with Crippen LogP contribution in [-0.2, 0) is 16.0 Å². The third kappa shape index (κ3) is 6.11. The molecule has 1 atom stereocenters. The zero-order valence-electron chi connectivity index (χ0n) is 14.9. The highest BCUT2D eigenvalue weighted by Gasteiger charge is 2.21. The summed E-state index contributed by atoms with van der Waals surface area (Å²) in [6.45, 7) is 1.64. The molecule has 0 fully saturated rings. The normalized spacial score (nSPS) is 11.5. The number of carbonyl (C=O) groups excluding carboxylic acids is 3. The van der Waals surface area contributed by atoms with Gasteiger partial charge in [0.25, 0.3) is 0 Å². The summed E-state index contributed by atoms with van der Waals surface area (Å²) in [5.74, 6) is -0.949. The largest absolute Gasteiger partial charge is 0.457 e. The van der Waals surface area contributed by atoms with Gasteiger partial charge in [0, 0.05) is 10.6 Å². The average molecular weight is 389 g/mol. The highest BCUT2D eigenvalue weighted by Crippen LogP contribution is 2.25. The first-order valence-corrected chi connectivity index (χ1v) is 8.86. The first kappa shape index (κ1) is 20.5. The summed E-state index contributed by atoms with van der Waals surface area (Å²) < 4.78 is 5.06. The molecule has 6 nitrogen and oxygen atoms in total. The van der Waals surface area contributed by atoms with E-state index in [0.29, 0.717) is 16.1 Å². The number of primary amides is 1. The van der Waals surface area contributed by atoms with Gasteiger partial charge in [0.15, 0.2) is 12.4 Å². The molecule has 0 saturated heterocycles. The Kier molecular flexibility index (Phi) is 7.37. The lowest BCUT2D eigenvalue weighted by Gasteiger charge is -2.18. The number of nitrogens with one attached hydrogen (secondary N) is 1. The summed E-state index contributed by atoms with van der Waals surface area (Å²) in [7, 11) is 0. The van der Waals surface area contributed by atoms with Crippen molar-refractivity contribution < 1.29 is 19.1 Å². The minimum Gasteiger partial charge on any atom is -0.457 e. The van der Waals surface area contributed by atoms with Crippen LogP contribution in [0.4, 0.5) is 4.79 Å². The Balaban J connectivity index is 1.97. The van der Waals surface area contributed by atoms with Crippen LogP contribution in [0.3, 0.4) is 0 Å². The Bertz CT molecular complexity index is 821. The van der Waals surface area contributed by atoms with Crippen LogP contribution in [-0.4, -0.2) is 24.4 Å². The van der Waals surface area contributed by atoms with Crippen molar-refractivity contribution in [2.45, 2.75) is 25.8 Å². The van der Waals surface area contributed by atoms with Crippen LogP contribution in [0.2, 0.25) is 5.02 Å². The number of carbonyl (C=O) groups is 3. The number of urea groups is 1. The smallest absolute Gasteiger partial charge is 0.312 e. The maximum atomic E-state index is 12.1. The molecule has 2 amide bonds. The number of benzene rings is 2. The molecule has 0 heterocycles. The maximum absolute atomic E-state index is 12.1. The van der Waals surface area contributed by atoms with E-state index in [4.69, 9.17) is 22.1 Å². The molecule has 2 rings (SSSR count). The summed E-state index contributed by atoms with van der Waals surface area (Å²) in [6.07, 6.45) is 0.675. The van der Waals surface area contributed by atoms with Crippen molar-refractivity contribution >= 4 is 29.4 Å². The minimum atomic E-state index is -0.792. The Morgan fingerprint density at radius 3 is 2.37 bits per heavy atom. The van der Waals surface area contributed by atoms with Gasteiger partial charge in [0.2, 0.25) is 0 Å². The number of hydrogen-bond acceptors (Lipinski definition) is 4. The SMILES string of the molecule is CCc1ccc(C(=O)COC(=O)C[C@@H](NC(N)=O)c2ccccc2Cl)cc1. The van der Waals surface area contributed by atoms with E-state index in [2.05, 4.69) is 5.32 Å². The molecule has 0 aromatic heterocycles. The van der Waals surface area contributed by atoms with Crippen LogP contribution in [0.1, 0.15) is 40.9 Å². The fraction of sp³-hybridized carbons (Fsp3) is 0.250. The highest BCUT2D eigenvalue weighted by molar-refractivity contribution is 6.31. The van der Waals surface area contributed by atoms with E-state index in [0.717, 1.165) is 12.0 Å². The third-order valence-electron chi connectivity index (χ3n) is 4.02. The molecule has 7 heteroatoms. The molecule has 2 aromatic carbocycles. The van der Waals surface area contributed by atoms with Gasteiger partial charge in [0.1, 0.15) is 0 Å². The van der Waals surface area contributed by atoms with E-state index < -0.39 is 18.0 Å². The van der Waals surface area contributed by atoms with Crippen LogP contribution < -0.4 is 11.1 Å². The zero-order chi connectivity index (χ0) is 19.8. The van der Waals surface area contributed by atoms with Crippen molar-refractivity contribution in [2.24, 2.45) is 5.73 Å². The second kappa shape index (κ2) is 9.73. The second-order valence-electron chi connectivity index (χ2n) is 5.92. The summed E-state index contributed by atoms with van der Waals surface area (Å²) in [5, 5.41) is 2.85. The van der Waals surface area contributed by atoms with E-state index in [1.165, 1.54) is 0 Å². The van der Waals surface area contributed by atoms with E-state index >= 15 is 0 Å². The predicted molar refractivity (Wildman–Crippen MR) is 103 cm³/mol. The number of esters is 1. The number of ketones is 1. The quantitative estimate of drug-likeness (QED) is 0.534. The van der Waals surface area contributed by atoms with Crippen molar-refractivity contribution in [1.82, 2.24) is 5.32 Å². The van der Waals surface area contributed by atoms with E-state index in [1.807, 2.05) is 19.1 Å². The Labute approximate surface area is 162 Å². The van der Waals surface area contributed by atoms with Crippen molar-refractivity contribution in [3.05, 3.63) is 70.2 Å². The van der Waals surface area contributed by atoms with Crippen LogP contribution in [0, 0.1) is 0 Å². The number of Topliss-reactive ketones (excluding diaryl/α,β-unsaturated/α-hetero) is 1. The van der Waals surface area contributed by atoms with Gasteiger partial charge in [-0.25, -0.2) is 4.79 Å². The Morgan fingerprint density at radius 2 is 1.78 bits per heavy atom. The molecule has 3 N–H and O–H groups in total. The lowest BCUT2D eigenvalue weighted by Crippen LogP contribution is -2.35. The molecule has 0 aliphatic heterocycles. The van der Waals surface area contributed by atoms with Gasteiger partial charge in [-0.1, -0.05) is 61.0 Å². The molecule has 0 radical (unpaired) electrons. The molecule has 142 valence electrons. The summed E-state index contributed by atoms with van der Waals surface area (Å²) in [4.78, 5) is 35.5. The van der Waals surface area contributed by atoms with Gasteiger partial charge in [-0.15, -0.1) is 0 Å². The number of ether oxygens (including phenoxy) is 1. The minimum absolute atomic E-state index is 0.200. The first-order valence-electron chi connectivity index (χ1n) is 8.48. The number of halogens is 1. The van der Waals surface area contributed by atoms with Gasteiger partial charge in [0.05, 0.1) is 12.5 Å². The lowest BCUT2D eigenvalue weighted by molar-refractivity contribution is -0.143. The third-order valence-corrected chi connectivity index (χ3v) is 4.36. The molecule has 0 spiro atoms. The zero-order valence-corrected chi connectivity index (χ0v) is 15.7. The predicted octanol–water partition coefficient (Wildman–Crippen LogP) is 3.43. The average Bonchev–Trinajstić information content (AvgIpc) is 2.65. The van der Waals surface area contributed by atoms with Gasteiger partial charge >= 0.3 is 12.0 Å². The van der Waals surface area contributed by atoms with E-state index in [-0.39, 0.29) is 18.8 Å². The molecule has 27 heavy (non-hydrogen) atoms. The molecular weight excluding hydrogens is 368 g/mol. The van der Waals surface area contributed by atoms with Crippen LogP contribution in [0.15, 0.2) is 48.5 Å². The number of hydrogen-bond donors (Lipinski definition) is 2. The summed E-state index contributed by atoms with van der Waals surface area (Å²) in [6, 6.07) is 12.4. The molecule has 0 bridgehead atoms. The maximum Gasteiger partial charge on any atom is 0.312 e. The van der Waals surface area contributed by atoms with E-state index in [9.17, 15) is 14.4 Å². The molecule has 0 aliphatic rings. The second-order valence-corrected chi connectivity index (χ2v) is 6.33. The molecule has 2 aromatic rings. The topological polar surface area (TPSA) is 98.5 Å².